The highest BCUT2D eigenvalue weighted by atomic mass is 32.1. The molecular weight excluding hydrogens is 146 g/mol. The number of nitrogens with two attached hydrogens (primary N) is 1. The molecule has 0 bridgehead atoms. The molecule has 0 unspecified atom stereocenters. The number of hydrogen-bond acceptors (Lipinski definition) is 2. The molecule has 0 spiro atoms. The first kappa shape index (κ1) is 7.21. The van der Waals surface area contributed by atoms with Gasteiger partial charge in [-0.15, -0.1) is 0 Å². The average molecular weight is 155 g/mol. The maximum absolute atomic E-state index is 5.31. The largest absolute Gasteiger partial charge is 0.393 e. The smallest absolute Gasteiger partial charge is 0.0921 e. The van der Waals surface area contributed by atoms with E-state index in [9.17, 15) is 0 Å². The van der Waals surface area contributed by atoms with Gasteiger partial charge >= 0.3 is 0 Å². The van der Waals surface area contributed by atoms with Crippen LogP contribution < -0.4 is 5.73 Å². The normalized spacial score (nSPS) is 9.60. The van der Waals surface area contributed by atoms with Crippen LogP contribution in [0.2, 0.25) is 0 Å². The number of thiocarbonyl (C=S) groups is 1. The summed E-state index contributed by atoms with van der Waals surface area (Å²) in [5.74, 6) is 0. The van der Waals surface area contributed by atoms with Gasteiger partial charge in [0.05, 0.1) is 11.3 Å². The number of imidazole rings is 1. The molecule has 3 nitrogen and oxygen atoms in total. The first-order chi connectivity index (χ1) is 4.79. The van der Waals surface area contributed by atoms with Crippen molar-refractivity contribution < 1.29 is 0 Å². The van der Waals surface area contributed by atoms with Crippen LogP contribution in [0.4, 0.5) is 0 Å². The lowest BCUT2D eigenvalue weighted by Gasteiger charge is -1.93. The first-order valence-electron chi connectivity index (χ1n) is 3.04. The van der Waals surface area contributed by atoms with Gasteiger partial charge in [0, 0.05) is 18.3 Å². The maximum atomic E-state index is 5.31. The van der Waals surface area contributed by atoms with Crippen molar-refractivity contribution in [2.75, 3.05) is 0 Å². The molecule has 0 aliphatic heterocycles. The van der Waals surface area contributed by atoms with E-state index in [1.807, 2.05) is 0 Å². The van der Waals surface area contributed by atoms with Crippen LogP contribution in [0.25, 0.3) is 0 Å². The Bertz CT molecular complexity index is 205. The van der Waals surface area contributed by atoms with Crippen molar-refractivity contribution >= 4 is 17.2 Å². The summed E-state index contributed by atoms with van der Waals surface area (Å²) in [6.45, 7) is 0. The predicted octanol–water partition coefficient (Wildman–Crippen LogP) is 0.628. The van der Waals surface area contributed by atoms with Crippen molar-refractivity contribution in [1.29, 1.82) is 0 Å². The molecule has 3 N–H and O–H groups in total. The Labute approximate surface area is 64.7 Å². The van der Waals surface area contributed by atoms with Crippen LogP contribution in [0.5, 0.6) is 0 Å². The quantitative estimate of drug-likeness (QED) is 0.629. The van der Waals surface area contributed by atoms with Crippen molar-refractivity contribution in [3.05, 3.63) is 18.2 Å². The third-order valence-corrected chi connectivity index (χ3v) is 1.40. The van der Waals surface area contributed by atoms with E-state index in [0.29, 0.717) is 4.99 Å². The van der Waals surface area contributed by atoms with Crippen LogP contribution in [0.15, 0.2) is 12.5 Å². The molecule has 0 saturated carbocycles. The Morgan fingerprint density at radius 2 is 2.60 bits per heavy atom. The lowest BCUT2D eigenvalue weighted by molar-refractivity contribution is 0.992. The van der Waals surface area contributed by atoms with Crippen LogP contribution in [0, 0.1) is 0 Å². The van der Waals surface area contributed by atoms with Gasteiger partial charge < -0.3 is 10.7 Å². The fourth-order valence-corrected chi connectivity index (χ4v) is 0.781. The summed E-state index contributed by atoms with van der Waals surface area (Å²) in [5.41, 5.74) is 6.38. The minimum Gasteiger partial charge on any atom is -0.393 e. The molecule has 0 aliphatic rings. The fourth-order valence-electron chi connectivity index (χ4n) is 0.679. The Morgan fingerprint density at radius 1 is 1.80 bits per heavy atom. The van der Waals surface area contributed by atoms with E-state index in [4.69, 9.17) is 18.0 Å². The lowest BCUT2D eigenvalue weighted by atomic mass is 10.2. The number of rotatable bonds is 3. The molecule has 0 saturated heterocycles. The third-order valence-electron chi connectivity index (χ3n) is 1.20. The van der Waals surface area contributed by atoms with Gasteiger partial charge in [-0.1, -0.05) is 12.2 Å². The van der Waals surface area contributed by atoms with Crippen LogP contribution in [0.1, 0.15) is 12.1 Å². The minimum atomic E-state index is 0.551. The number of aromatic nitrogens is 2. The number of aryl methyl sites for hydroxylation is 1. The van der Waals surface area contributed by atoms with Gasteiger partial charge in [0.1, 0.15) is 0 Å². The third kappa shape index (κ3) is 2.14. The SMILES string of the molecule is NC(=S)CCc1cnc[nH]1. The maximum Gasteiger partial charge on any atom is 0.0921 e. The van der Waals surface area contributed by atoms with E-state index < -0.39 is 0 Å². The minimum absolute atomic E-state index is 0.551. The molecular formula is C6H9N3S. The molecule has 1 heterocycles. The van der Waals surface area contributed by atoms with Gasteiger partial charge in [-0.05, 0) is 6.42 Å². The van der Waals surface area contributed by atoms with E-state index >= 15 is 0 Å². The number of nitrogens with one attached hydrogen (secondary N) is 1. The van der Waals surface area contributed by atoms with Crippen molar-refractivity contribution in [1.82, 2.24) is 9.97 Å². The number of hydrogen-bond donors (Lipinski definition) is 2. The molecule has 0 atom stereocenters. The fraction of sp³-hybridized carbons (Fsp3) is 0.333. The summed E-state index contributed by atoms with van der Waals surface area (Å²) < 4.78 is 0. The second kappa shape index (κ2) is 3.31. The average Bonchev–Trinajstić information content (AvgIpc) is 2.34. The topological polar surface area (TPSA) is 54.7 Å². The zero-order valence-electron chi connectivity index (χ0n) is 5.50. The number of aromatic amines is 1. The second-order valence-corrected chi connectivity index (χ2v) is 2.57. The highest BCUT2D eigenvalue weighted by molar-refractivity contribution is 7.80. The zero-order valence-corrected chi connectivity index (χ0v) is 6.32. The van der Waals surface area contributed by atoms with Crippen LogP contribution >= 0.6 is 12.2 Å². The van der Waals surface area contributed by atoms with Crippen LogP contribution in [0.3, 0.4) is 0 Å². The van der Waals surface area contributed by atoms with E-state index in [1.54, 1.807) is 12.5 Å². The standard InChI is InChI=1S/C6H9N3S/c7-6(10)2-1-5-3-8-4-9-5/h3-4H,1-2H2,(H2,7,10)(H,8,9). The molecule has 0 amide bonds. The van der Waals surface area contributed by atoms with E-state index in [2.05, 4.69) is 9.97 Å². The van der Waals surface area contributed by atoms with Crippen molar-refractivity contribution in [2.24, 2.45) is 5.73 Å². The molecule has 0 radical (unpaired) electrons. The van der Waals surface area contributed by atoms with Crippen LogP contribution in [-0.4, -0.2) is 15.0 Å². The van der Waals surface area contributed by atoms with Gasteiger partial charge in [0.25, 0.3) is 0 Å². The first-order valence-corrected chi connectivity index (χ1v) is 3.45. The molecule has 4 heteroatoms. The number of H-pyrrole nitrogens is 1. The molecule has 1 aromatic rings. The summed E-state index contributed by atoms with van der Waals surface area (Å²) in [6.07, 6.45) is 5.03. The van der Waals surface area contributed by atoms with E-state index in [0.717, 1.165) is 18.5 Å². The molecule has 0 aromatic carbocycles. The van der Waals surface area contributed by atoms with E-state index in [1.165, 1.54) is 0 Å². The second-order valence-electron chi connectivity index (χ2n) is 2.04. The summed E-state index contributed by atoms with van der Waals surface area (Å²) in [7, 11) is 0. The van der Waals surface area contributed by atoms with Crippen molar-refractivity contribution in [2.45, 2.75) is 12.8 Å². The molecule has 0 fully saturated rings. The van der Waals surface area contributed by atoms with Gasteiger partial charge in [-0.3, -0.25) is 0 Å². The summed E-state index contributed by atoms with van der Waals surface area (Å²) in [5, 5.41) is 0. The predicted molar refractivity (Wildman–Crippen MR) is 43.7 cm³/mol. The molecule has 54 valence electrons. The highest BCUT2D eigenvalue weighted by Gasteiger charge is 1.93. The van der Waals surface area contributed by atoms with Crippen LogP contribution in [-0.2, 0) is 6.42 Å². The molecule has 10 heavy (non-hydrogen) atoms. The van der Waals surface area contributed by atoms with Gasteiger partial charge in [0.2, 0.25) is 0 Å². The summed E-state index contributed by atoms with van der Waals surface area (Å²) >= 11 is 4.71. The van der Waals surface area contributed by atoms with Gasteiger partial charge in [-0.25, -0.2) is 4.98 Å². The van der Waals surface area contributed by atoms with Gasteiger partial charge in [0.15, 0.2) is 0 Å². The Hall–Kier alpha value is -0.900. The monoisotopic (exact) mass is 155 g/mol. The zero-order chi connectivity index (χ0) is 7.40. The highest BCUT2D eigenvalue weighted by Crippen LogP contribution is 1.95. The van der Waals surface area contributed by atoms with E-state index in [-0.39, 0.29) is 0 Å². The molecule has 1 rings (SSSR count). The van der Waals surface area contributed by atoms with Gasteiger partial charge in [-0.2, -0.15) is 0 Å². The Morgan fingerprint density at radius 3 is 3.10 bits per heavy atom. The summed E-state index contributed by atoms with van der Waals surface area (Å²) in [6, 6.07) is 0. The van der Waals surface area contributed by atoms with Crippen molar-refractivity contribution in [3.63, 3.8) is 0 Å². The van der Waals surface area contributed by atoms with Crippen molar-refractivity contribution in [3.8, 4) is 0 Å². The number of nitrogens with zero attached hydrogens (tertiary/aromatic N) is 1. The molecule has 0 aliphatic carbocycles. The molecule has 1 aromatic heterocycles. The Kier molecular flexibility index (Phi) is 2.39. The summed E-state index contributed by atoms with van der Waals surface area (Å²) in [4.78, 5) is 7.38. The lowest BCUT2D eigenvalue weighted by Crippen LogP contribution is -2.08. The Balaban J connectivity index is 2.35.